The first-order chi connectivity index (χ1) is 12.1. The quantitative estimate of drug-likeness (QED) is 0.679. The van der Waals surface area contributed by atoms with Crippen LogP contribution in [0.2, 0.25) is 5.28 Å². The number of carbonyl (C=O) groups is 1. The van der Waals surface area contributed by atoms with Crippen LogP contribution in [0.15, 0.2) is 17.9 Å². The summed E-state index contributed by atoms with van der Waals surface area (Å²) in [5.41, 5.74) is 7.07. The van der Waals surface area contributed by atoms with Gasteiger partial charge in [-0.1, -0.05) is 0 Å². The summed E-state index contributed by atoms with van der Waals surface area (Å²) in [7, 11) is 0. The van der Waals surface area contributed by atoms with Gasteiger partial charge in [-0.3, -0.25) is 4.79 Å². The molecule has 8 nitrogen and oxygen atoms in total. The molecule has 0 bridgehead atoms. The average Bonchev–Trinajstić information content (AvgIpc) is 3.24. The molecule has 25 heavy (non-hydrogen) atoms. The second kappa shape index (κ2) is 6.57. The summed E-state index contributed by atoms with van der Waals surface area (Å²) in [6.45, 7) is 0. The van der Waals surface area contributed by atoms with Gasteiger partial charge in [0, 0.05) is 23.5 Å². The summed E-state index contributed by atoms with van der Waals surface area (Å²) in [6, 6.07) is 0.222. The standard InChI is InChI=1S/C15H16ClN7OS/c16-14-20-11(17)10-12(21-14)23(7-19-10)9-3-1-8(2-4-9)13(24)22-15-18-5-6-25-15/h5-9H,1-4H2,(H2,17,20,21)(H,18,22,24). The fraction of sp³-hybridized carbons (Fsp3) is 0.400. The van der Waals surface area contributed by atoms with Crippen molar-refractivity contribution in [3.63, 3.8) is 0 Å². The Morgan fingerprint density at radius 2 is 2.08 bits per heavy atom. The molecule has 0 spiro atoms. The van der Waals surface area contributed by atoms with E-state index in [0.29, 0.717) is 16.3 Å². The number of thiazole rings is 1. The lowest BCUT2D eigenvalue weighted by Crippen LogP contribution is -2.28. The van der Waals surface area contributed by atoms with Gasteiger partial charge in [-0.2, -0.15) is 9.97 Å². The topological polar surface area (TPSA) is 112 Å². The predicted octanol–water partition coefficient (Wildman–Crippen LogP) is 2.89. The van der Waals surface area contributed by atoms with Crippen molar-refractivity contribution < 1.29 is 4.79 Å². The lowest BCUT2D eigenvalue weighted by molar-refractivity contribution is -0.120. The monoisotopic (exact) mass is 377 g/mol. The number of carbonyl (C=O) groups excluding carboxylic acids is 1. The lowest BCUT2D eigenvalue weighted by Gasteiger charge is -2.28. The second-order valence-corrected chi connectivity index (χ2v) is 7.27. The third-order valence-corrected chi connectivity index (χ3v) is 5.40. The van der Waals surface area contributed by atoms with Crippen molar-refractivity contribution in [3.8, 4) is 0 Å². The van der Waals surface area contributed by atoms with Crippen LogP contribution < -0.4 is 11.1 Å². The number of hydrogen-bond acceptors (Lipinski definition) is 7. The van der Waals surface area contributed by atoms with E-state index in [4.69, 9.17) is 17.3 Å². The Morgan fingerprint density at radius 1 is 1.28 bits per heavy atom. The van der Waals surface area contributed by atoms with Crippen molar-refractivity contribution in [2.24, 2.45) is 5.92 Å². The molecule has 10 heteroatoms. The third kappa shape index (κ3) is 3.16. The molecular weight excluding hydrogens is 362 g/mol. The molecule has 0 aliphatic heterocycles. The van der Waals surface area contributed by atoms with Crippen molar-refractivity contribution in [2.75, 3.05) is 11.1 Å². The van der Waals surface area contributed by atoms with Gasteiger partial charge in [-0.25, -0.2) is 9.97 Å². The molecule has 0 radical (unpaired) electrons. The van der Waals surface area contributed by atoms with Gasteiger partial charge in [0.1, 0.15) is 5.52 Å². The fourth-order valence-electron chi connectivity index (χ4n) is 3.29. The summed E-state index contributed by atoms with van der Waals surface area (Å²) in [4.78, 5) is 28.9. The molecule has 0 aromatic carbocycles. The van der Waals surface area contributed by atoms with E-state index >= 15 is 0 Å². The summed E-state index contributed by atoms with van der Waals surface area (Å²) >= 11 is 7.35. The molecule has 1 aliphatic rings. The van der Waals surface area contributed by atoms with Crippen LogP contribution in [0.3, 0.4) is 0 Å². The van der Waals surface area contributed by atoms with Gasteiger partial charge in [0.15, 0.2) is 16.6 Å². The first kappa shape index (κ1) is 16.2. The van der Waals surface area contributed by atoms with Crippen LogP contribution in [-0.4, -0.2) is 30.4 Å². The van der Waals surface area contributed by atoms with Gasteiger partial charge in [-0.15, -0.1) is 11.3 Å². The molecule has 3 aromatic heterocycles. The Kier molecular flexibility index (Phi) is 4.26. The Labute approximate surface area is 152 Å². The first-order valence-corrected chi connectivity index (χ1v) is 9.23. The molecule has 1 fully saturated rings. The van der Waals surface area contributed by atoms with Gasteiger partial charge in [0.05, 0.1) is 6.33 Å². The van der Waals surface area contributed by atoms with Gasteiger partial charge in [0.2, 0.25) is 11.2 Å². The molecule has 3 N–H and O–H groups in total. The van der Waals surface area contributed by atoms with Crippen molar-refractivity contribution in [1.82, 2.24) is 24.5 Å². The van der Waals surface area contributed by atoms with Crippen LogP contribution in [0.1, 0.15) is 31.7 Å². The van der Waals surface area contributed by atoms with Crippen molar-refractivity contribution in [3.05, 3.63) is 23.2 Å². The molecule has 0 unspecified atom stereocenters. The minimum absolute atomic E-state index is 0.00165. The number of fused-ring (bicyclic) bond motifs is 1. The smallest absolute Gasteiger partial charge is 0.229 e. The van der Waals surface area contributed by atoms with E-state index in [1.165, 1.54) is 11.3 Å². The zero-order valence-electron chi connectivity index (χ0n) is 13.2. The van der Waals surface area contributed by atoms with E-state index in [9.17, 15) is 4.79 Å². The lowest BCUT2D eigenvalue weighted by atomic mass is 9.85. The number of aromatic nitrogens is 5. The predicted molar refractivity (Wildman–Crippen MR) is 96.5 cm³/mol. The van der Waals surface area contributed by atoms with Crippen molar-refractivity contribution in [1.29, 1.82) is 0 Å². The summed E-state index contributed by atoms with van der Waals surface area (Å²) in [5, 5.41) is 5.48. The molecule has 1 aliphatic carbocycles. The summed E-state index contributed by atoms with van der Waals surface area (Å²) in [5.74, 6) is 0.321. The maximum atomic E-state index is 12.3. The highest BCUT2D eigenvalue weighted by Crippen LogP contribution is 2.35. The van der Waals surface area contributed by atoms with Gasteiger partial charge in [-0.05, 0) is 37.3 Å². The number of hydrogen-bond donors (Lipinski definition) is 2. The number of nitrogens with zero attached hydrogens (tertiary/aromatic N) is 5. The van der Waals surface area contributed by atoms with E-state index in [1.54, 1.807) is 12.5 Å². The number of imidazole rings is 1. The van der Waals surface area contributed by atoms with Crippen LogP contribution >= 0.6 is 22.9 Å². The zero-order chi connectivity index (χ0) is 17.4. The van der Waals surface area contributed by atoms with Crippen LogP contribution in [0.4, 0.5) is 10.9 Å². The Morgan fingerprint density at radius 3 is 2.80 bits per heavy atom. The highest BCUT2D eigenvalue weighted by molar-refractivity contribution is 7.13. The minimum atomic E-state index is -0.00165. The first-order valence-electron chi connectivity index (χ1n) is 7.97. The molecule has 0 atom stereocenters. The Balaban J connectivity index is 1.46. The fourth-order valence-corrected chi connectivity index (χ4v) is 3.99. The molecule has 3 heterocycles. The Bertz CT molecular complexity index is 902. The maximum absolute atomic E-state index is 12.3. The summed E-state index contributed by atoms with van der Waals surface area (Å²) in [6.07, 6.45) is 6.74. The number of nitrogens with one attached hydrogen (secondary N) is 1. The zero-order valence-corrected chi connectivity index (χ0v) is 14.8. The average molecular weight is 378 g/mol. The van der Waals surface area contributed by atoms with Crippen LogP contribution in [0.25, 0.3) is 11.2 Å². The highest BCUT2D eigenvalue weighted by atomic mass is 35.5. The van der Waals surface area contributed by atoms with E-state index < -0.39 is 0 Å². The Hall–Kier alpha value is -2.26. The normalized spacial score (nSPS) is 20.7. The number of halogens is 1. The van der Waals surface area contributed by atoms with Gasteiger partial charge < -0.3 is 15.6 Å². The van der Waals surface area contributed by atoms with Crippen LogP contribution in [0.5, 0.6) is 0 Å². The molecule has 0 saturated heterocycles. The molecule has 1 amide bonds. The number of nitrogens with two attached hydrogens (primary N) is 1. The van der Waals surface area contributed by atoms with E-state index in [0.717, 1.165) is 25.7 Å². The van der Waals surface area contributed by atoms with E-state index in [2.05, 4.69) is 25.3 Å². The number of anilines is 2. The molecule has 3 aromatic rings. The highest BCUT2D eigenvalue weighted by Gasteiger charge is 2.28. The SMILES string of the molecule is Nc1nc(Cl)nc2c1ncn2C1CCC(C(=O)Nc2nccs2)CC1. The van der Waals surface area contributed by atoms with Gasteiger partial charge >= 0.3 is 0 Å². The third-order valence-electron chi connectivity index (χ3n) is 4.54. The molecular formula is C15H16ClN7OS. The van der Waals surface area contributed by atoms with Crippen LogP contribution in [-0.2, 0) is 4.79 Å². The van der Waals surface area contributed by atoms with Gasteiger partial charge in [0.25, 0.3) is 0 Å². The molecule has 1 saturated carbocycles. The number of nitrogen functional groups attached to an aromatic ring is 1. The van der Waals surface area contributed by atoms with Crippen molar-refractivity contribution >= 4 is 51.0 Å². The largest absolute Gasteiger partial charge is 0.382 e. The minimum Gasteiger partial charge on any atom is -0.382 e. The number of rotatable bonds is 3. The molecule has 4 rings (SSSR count). The second-order valence-electron chi connectivity index (χ2n) is 6.03. The molecule has 130 valence electrons. The van der Waals surface area contributed by atoms with Crippen LogP contribution in [0, 0.1) is 5.92 Å². The summed E-state index contributed by atoms with van der Waals surface area (Å²) < 4.78 is 1.99. The maximum Gasteiger partial charge on any atom is 0.229 e. The van der Waals surface area contributed by atoms with E-state index in [-0.39, 0.29) is 29.0 Å². The van der Waals surface area contributed by atoms with Crippen molar-refractivity contribution in [2.45, 2.75) is 31.7 Å². The number of amides is 1. The van der Waals surface area contributed by atoms with E-state index in [1.807, 2.05) is 9.95 Å².